The van der Waals surface area contributed by atoms with Gasteiger partial charge in [-0.2, -0.15) is 5.26 Å². The van der Waals surface area contributed by atoms with E-state index in [9.17, 15) is 14.4 Å². The van der Waals surface area contributed by atoms with E-state index in [4.69, 9.17) is 21.6 Å². The van der Waals surface area contributed by atoms with Gasteiger partial charge in [0.1, 0.15) is 17.9 Å². The Morgan fingerprint density at radius 3 is 2.61 bits per heavy atom. The summed E-state index contributed by atoms with van der Waals surface area (Å²) in [5, 5.41) is 12.1. The first-order chi connectivity index (χ1) is 18.4. The fourth-order valence-electron chi connectivity index (χ4n) is 6.34. The van der Waals surface area contributed by atoms with Gasteiger partial charge in [0, 0.05) is 48.6 Å². The number of hydrogen-bond acceptors (Lipinski definition) is 6. The highest BCUT2D eigenvalue weighted by Gasteiger charge is 2.41. The van der Waals surface area contributed by atoms with Crippen LogP contribution in [0.3, 0.4) is 0 Å². The van der Waals surface area contributed by atoms with Crippen molar-refractivity contribution in [2.45, 2.75) is 69.2 Å². The maximum atomic E-state index is 13.0. The molecule has 8 nitrogen and oxygen atoms in total. The molecule has 0 spiro atoms. The van der Waals surface area contributed by atoms with Crippen molar-refractivity contribution in [1.29, 1.82) is 5.26 Å². The second-order valence-corrected chi connectivity index (χ2v) is 11.1. The zero-order valence-corrected chi connectivity index (χ0v) is 21.7. The zero-order chi connectivity index (χ0) is 26.4. The van der Waals surface area contributed by atoms with Gasteiger partial charge < -0.3 is 9.64 Å². The van der Waals surface area contributed by atoms with Crippen LogP contribution >= 0.6 is 11.6 Å². The molecule has 2 aromatic rings. The van der Waals surface area contributed by atoms with E-state index in [1.54, 1.807) is 17.0 Å². The molecule has 1 saturated carbocycles. The molecule has 2 aromatic carbocycles. The Morgan fingerprint density at radius 2 is 1.84 bits per heavy atom. The molecule has 3 fully saturated rings. The molecule has 38 heavy (non-hydrogen) atoms. The number of imide groups is 1. The monoisotopic (exact) mass is 532 g/mol. The highest BCUT2D eigenvalue weighted by atomic mass is 35.5. The van der Waals surface area contributed by atoms with Crippen molar-refractivity contribution in [2.24, 2.45) is 0 Å². The number of piperidine rings is 1. The molecule has 1 N–H and O–H groups in total. The maximum absolute atomic E-state index is 13.0. The van der Waals surface area contributed by atoms with E-state index in [2.05, 4.69) is 16.3 Å². The van der Waals surface area contributed by atoms with Gasteiger partial charge in [-0.3, -0.25) is 24.6 Å². The third-order valence-corrected chi connectivity index (χ3v) is 8.73. The maximum Gasteiger partial charge on any atom is 0.255 e. The predicted molar refractivity (Wildman–Crippen MR) is 140 cm³/mol. The van der Waals surface area contributed by atoms with Gasteiger partial charge in [0.25, 0.3) is 5.91 Å². The van der Waals surface area contributed by atoms with E-state index in [1.807, 2.05) is 24.3 Å². The van der Waals surface area contributed by atoms with Crippen molar-refractivity contribution in [2.75, 3.05) is 13.1 Å². The predicted octanol–water partition coefficient (Wildman–Crippen LogP) is 3.76. The van der Waals surface area contributed by atoms with E-state index in [1.165, 1.54) is 6.42 Å². The molecule has 2 saturated heterocycles. The summed E-state index contributed by atoms with van der Waals surface area (Å²) in [6, 6.07) is 13.0. The number of carbonyl (C=O) groups is 3. The Hall–Kier alpha value is -3.41. The van der Waals surface area contributed by atoms with E-state index in [0.717, 1.165) is 49.2 Å². The van der Waals surface area contributed by atoms with E-state index in [-0.39, 0.29) is 24.3 Å². The van der Waals surface area contributed by atoms with Crippen LogP contribution in [0, 0.1) is 11.3 Å². The van der Waals surface area contributed by atoms with Gasteiger partial charge in [-0.25, -0.2) is 0 Å². The first kappa shape index (κ1) is 24.9. The molecule has 9 heteroatoms. The molecule has 4 aliphatic rings. The average Bonchev–Trinajstić information content (AvgIpc) is 3.20. The minimum absolute atomic E-state index is 0.0579. The summed E-state index contributed by atoms with van der Waals surface area (Å²) in [6.45, 7) is 2.16. The third kappa shape index (κ3) is 4.55. The minimum atomic E-state index is -0.622. The first-order valence-electron chi connectivity index (χ1n) is 13.3. The fraction of sp³-hybridized carbons (Fsp3) is 0.448. The van der Waals surface area contributed by atoms with Crippen LogP contribution in [0.25, 0.3) is 0 Å². The summed E-state index contributed by atoms with van der Waals surface area (Å²) in [4.78, 5) is 40.9. The van der Waals surface area contributed by atoms with E-state index >= 15 is 0 Å². The largest absolute Gasteiger partial charge is 0.489 e. The Morgan fingerprint density at radius 1 is 1.03 bits per heavy atom. The lowest BCUT2D eigenvalue weighted by Gasteiger charge is -2.48. The van der Waals surface area contributed by atoms with E-state index < -0.39 is 11.9 Å². The molecule has 0 unspecified atom stereocenters. The SMILES string of the molecule is N#Cc1ccc(C2CN([C@H]3CCCC[C@@H]3Oc3ccc4c(c3)CN([C@H]3CCC(=O)NC3=O)C4=O)C2)c(Cl)c1. The van der Waals surface area contributed by atoms with Crippen molar-refractivity contribution < 1.29 is 19.1 Å². The molecule has 0 aromatic heterocycles. The van der Waals surface area contributed by atoms with Gasteiger partial charge in [0.05, 0.1) is 11.6 Å². The van der Waals surface area contributed by atoms with Crippen LogP contribution in [0.2, 0.25) is 5.02 Å². The molecule has 0 radical (unpaired) electrons. The lowest BCUT2D eigenvalue weighted by Crippen LogP contribution is -2.57. The van der Waals surface area contributed by atoms with Gasteiger partial charge in [0.15, 0.2) is 0 Å². The number of amides is 3. The number of halogens is 1. The lowest BCUT2D eigenvalue weighted by atomic mass is 9.84. The molecule has 196 valence electrons. The molecule has 6 rings (SSSR count). The Bertz CT molecular complexity index is 1350. The molecular weight excluding hydrogens is 504 g/mol. The van der Waals surface area contributed by atoms with Crippen LogP contribution in [-0.2, 0) is 16.1 Å². The second-order valence-electron chi connectivity index (χ2n) is 10.7. The Labute approximate surface area is 226 Å². The summed E-state index contributed by atoms with van der Waals surface area (Å²) in [6.07, 6.45) is 4.98. The molecular formula is C29H29ClN4O4. The molecule has 0 bridgehead atoms. The summed E-state index contributed by atoms with van der Waals surface area (Å²) in [5.41, 5.74) is 3.11. The molecule has 1 aliphatic carbocycles. The number of ether oxygens (including phenoxy) is 1. The summed E-state index contributed by atoms with van der Waals surface area (Å²) in [7, 11) is 0. The fourth-order valence-corrected chi connectivity index (χ4v) is 6.67. The van der Waals surface area contributed by atoms with Crippen LogP contribution < -0.4 is 10.1 Å². The number of nitriles is 1. The van der Waals surface area contributed by atoms with Crippen LogP contribution in [0.1, 0.15) is 71.5 Å². The topological polar surface area (TPSA) is 103 Å². The van der Waals surface area contributed by atoms with Crippen LogP contribution in [0.5, 0.6) is 5.75 Å². The van der Waals surface area contributed by atoms with Gasteiger partial charge in [0.2, 0.25) is 11.8 Å². The Kier molecular flexibility index (Phi) is 6.58. The number of fused-ring (bicyclic) bond motifs is 1. The highest BCUT2D eigenvalue weighted by Crippen LogP contribution is 2.38. The van der Waals surface area contributed by atoms with Gasteiger partial charge >= 0.3 is 0 Å². The molecule has 3 amide bonds. The highest BCUT2D eigenvalue weighted by molar-refractivity contribution is 6.31. The summed E-state index contributed by atoms with van der Waals surface area (Å²) < 4.78 is 6.54. The standard InChI is InChI=1S/C29H29ClN4O4/c30-23-11-17(13-31)5-7-21(23)19-14-33(15-19)24-3-1-2-4-26(24)38-20-6-8-22-18(12-20)16-34(29(22)37)25-9-10-27(35)32-28(25)36/h5-8,11-12,19,24-26H,1-4,9-10,14-16H2,(H,32,35,36)/t24-,25-,26-/m0/s1. The molecule has 3 aliphatic heterocycles. The van der Waals surface area contributed by atoms with Crippen LogP contribution in [0.4, 0.5) is 0 Å². The number of nitrogens with one attached hydrogen (secondary N) is 1. The zero-order valence-electron chi connectivity index (χ0n) is 21.0. The van der Waals surface area contributed by atoms with Crippen molar-refractivity contribution in [3.05, 3.63) is 63.7 Å². The molecule has 3 heterocycles. The number of likely N-dealkylation sites (tertiary alicyclic amines) is 1. The van der Waals surface area contributed by atoms with Gasteiger partial charge in [-0.1, -0.05) is 24.1 Å². The number of rotatable bonds is 5. The number of carbonyl (C=O) groups excluding carboxylic acids is 3. The smallest absolute Gasteiger partial charge is 0.255 e. The van der Waals surface area contributed by atoms with Crippen LogP contribution in [0.15, 0.2) is 36.4 Å². The van der Waals surface area contributed by atoms with Gasteiger partial charge in [-0.05, 0) is 67.1 Å². The van der Waals surface area contributed by atoms with Crippen molar-refractivity contribution >= 4 is 29.3 Å². The Balaban J connectivity index is 1.11. The van der Waals surface area contributed by atoms with Gasteiger partial charge in [-0.15, -0.1) is 0 Å². The second kappa shape index (κ2) is 10.0. The molecule has 3 atom stereocenters. The average molecular weight is 533 g/mol. The number of nitrogens with zero attached hydrogens (tertiary/aromatic N) is 3. The number of benzene rings is 2. The first-order valence-corrected chi connectivity index (χ1v) is 13.7. The van der Waals surface area contributed by atoms with Crippen LogP contribution in [-0.4, -0.2) is 58.8 Å². The lowest BCUT2D eigenvalue weighted by molar-refractivity contribution is -0.136. The van der Waals surface area contributed by atoms with E-state index in [0.29, 0.717) is 41.1 Å². The van der Waals surface area contributed by atoms with Crippen molar-refractivity contribution in [3.63, 3.8) is 0 Å². The van der Waals surface area contributed by atoms with Crippen molar-refractivity contribution in [3.8, 4) is 11.8 Å². The summed E-state index contributed by atoms with van der Waals surface area (Å²) >= 11 is 6.46. The number of hydrogen-bond donors (Lipinski definition) is 1. The normalized spacial score (nSPS) is 25.9. The summed E-state index contributed by atoms with van der Waals surface area (Å²) in [5.74, 6) is 0.221. The minimum Gasteiger partial charge on any atom is -0.489 e. The third-order valence-electron chi connectivity index (χ3n) is 8.40. The quantitative estimate of drug-likeness (QED) is 0.588. The van der Waals surface area contributed by atoms with Crippen molar-refractivity contribution in [1.82, 2.24) is 15.1 Å².